The Labute approximate surface area is 225 Å². The number of benzene rings is 3. The van der Waals surface area contributed by atoms with E-state index in [-0.39, 0.29) is 11.4 Å². The van der Waals surface area contributed by atoms with Crippen LogP contribution in [-0.4, -0.2) is 58.7 Å². The van der Waals surface area contributed by atoms with Crippen molar-refractivity contribution in [3.63, 3.8) is 0 Å². The van der Waals surface area contributed by atoms with Gasteiger partial charge in [0.05, 0.1) is 30.4 Å². The molecule has 8 nitrogen and oxygen atoms in total. The van der Waals surface area contributed by atoms with Crippen LogP contribution in [0, 0.1) is 6.92 Å². The number of amides is 1. The first-order valence-corrected chi connectivity index (χ1v) is 14.3. The largest absolute Gasteiger partial charge is 0.494 e. The summed E-state index contributed by atoms with van der Waals surface area (Å²) in [5.74, 6) is 0.234. The quantitative estimate of drug-likeness (QED) is 0.401. The van der Waals surface area contributed by atoms with E-state index in [0.29, 0.717) is 24.6 Å². The van der Waals surface area contributed by atoms with E-state index in [1.54, 1.807) is 48.5 Å². The Morgan fingerprint density at radius 3 is 2.21 bits per heavy atom. The Morgan fingerprint density at radius 2 is 1.58 bits per heavy atom. The van der Waals surface area contributed by atoms with Gasteiger partial charge in [0.2, 0.25) is 5.91 Å². The highest BCUT2D eigenvalue weighted by Gasteiger charge is 2.27. The van der Waals surface area contributed by atoms with Crippen molar-refractivity contribution in [3.05, 3.63) is 89.5 Å². The molecule has 38 heavy (non-hydrogen) atoms. The third kappa shape index (κ3) is 7.34. The summed E-state index contributed by atoms with van der Waals surface area (Å²) in [4.78, 5) is 15.4. The third-order valence-corrected chi connectivity index (χ3v) is 8.14. The van der Waals surface area contributed by atoms with Gasteiger partial charge in [0, 0.05) is 26.2 Å². The zero-order valence-corrected chi connectivity index (χ0v) is 22.7. The number of nitrogens with one attached hydrogen (secondary N) is 1. The maximum Gasteiger partial charge on any atom is 0.264 e. The molecular formula is C29H35N3O5S. The van der Waals surface area contributed by atoms with Crippen LogP contribution in [0.15, 0.2) is 77.7 Å². The summed E-state index contributed by atoms with van der Waals surface area (Å²) < 4.78 is 39.2. The lowest BCUT2D eigenvalue weighted by atomic mass is 10.1. The van der Waals surface area contributed by atoms with E-state index in [1.807, 2.05) is 26.0 Å². The number of rotatable bonds is 11. The molecule has 1 heterocycles. The second kappa shape index (κ2) is 12.9. The second-order valence-corrected chi connectivity index (χ2v) is 11.1. The third-order valence-electron chi connectivity index (χ3n) is 6.35. The average molecular weight is 538 g/mol. The molecule has 0 spiro atoms. The van der Waals surface area contributed by atoms with E-state index in [4.69, 9.17) is 9.47 Å². The maximum atomic E-state index is 13.6. The number of aryl methyl sites for hydroxylation is 1. The molecule has 202 valence electrons. The summed E-state index contributed by atoms with van der Waals surface area (Å²) in [5.41, 5.74) is 3.48. The molecule has 4 rings (SSSR count). The molecular weight excluding hydrogens is 502 g/mol. The fourth-order valence-electron chi connectivity index (χ4n) is 4.19. The van der Waals surface area contributed by atoms with Gasteiger partial charge in [-0.05, 0) is 61.4 Å². The Kier molecular flexibility index (Phi) is 9.38. The Hall–Kier alpha value is -3.40. The zero-order valence-electron chi connectivity index (χ0n) is 21.9. The smallest absolute Gasteiger partial charge is 0.264 e. The molecule has 0 saturated carbocycles. The Balaban J connectivity index is 1.44. The number of carbonyl (C=O) groups excluding carboxylic acids is 1. The molecule has 0 radical (unpaired) electrons. The first-order valence-electron chi connectivity index (χ1n) is 12.8. The first kappa shape index (κ1) is 27.6. The molecule has 0 atom stereocenters. The predicted molar refractivity (Wildman–Crippen MR) is 148 cm³/mol. The van der Waals surface area contributed by atoms with Crippen LogP contribution in [0.4, 0.5) is 5.69 Å². The SMILES string of the molecule is CCOc1ccc(N(CC(=O)NCc2ccc(CN3CCOCC3)cc2)S(=O)(=O)c2ccc(C)cc2)cc1. The molecule has 3 aromatic rings. The van der Waals surface area contributed by atoms with Crippen molar-refractivity contribution in [2.24, 2.45) is 0 Å². The maximum absolute atomic E-state index is 13.6. The molecule has 3 aromatic carbocycles. The minimum Gasteiger partial charge on any atom is -0.494 e. The number of morpholine rings is 1. The number of sulfonamides is 1. The monoisotopic (exact) mass is 537 g/mol. The lowest BCUT2D eigenvalue weighted by Gasteiger charge is -2.26. The van der Waals surface area contributed by atoms with Crippen LogP contribution in [0.1, 0.15) is 23.6 Å². The summed E-state index contributed by atoms with van der Waals surface area (Å²) in [7, 11) is -3.98. The lowest BCUT2D eigenvalue weighted by Crippen LogP contribution is -2.40. The summed E-state index contributed by atoms with van der Waals surface area (Å²) in [6.45, 7) is 8.47. The standard InChI is InChI=1S/C29H35N3O5S/c1-3-37-27-12-10-26(11-13-27)32(38(34,35)28-14-4-23(2)5-15-28)22-29(33)30-20-24-6-8-25(9-7-24)21-31-16-18-36-19-17-31/h4-15H,3,16-22H2,1-2H3,(H,30,33). The van der Waals surface area contributed by atoms with Crippen molar-refractivity contribution in [2.45, 2.75) is 31.8 Å². The Bertz CT molecular complexity index is 1290. The summed E-state index contributed by atoms with van der Waals surface area (Å²) in [6.07, 6.45) is 0. The minimum absolute atomic E-state index is 0.126. The predicted octanol–water partition coefficient (Wildman–Crippen LogP) is 3.74. The van der Waals surface area contributed by atoms with Crippen molar-refractivity contribution < 1.29 is 22.7 Å². The van der Waals surface area contributed by atoms with E-state index >= 15 is 0 Å². The fourth-order valence-corrected chi connectivity index (χ4v) is 5.62. The van der Waals surface area contributed by atoms with Crippen LogP contribution in [0.5, 0.6) is 5.75 Å². The van der Waals surface area contributed by atoms with Crippen molar-refractivity contribution in [1.29, 1.82) is 0 Å². The molecule has 0 bridgehead atoms. The van der Waals surface area contributed by atoms with Gasteiger partial charge in [-0.25, -0.2) is 8.42 Å². The van der Waals surface area contributed by atoms with Crippen molar-refractivity contribution in [3.8, 4) is 5.75 Å². The summed E-state index contributed by atoms with van der Waals surface area (Å²) in [6, 6.07) is 21.4. The van der Waals surface area contributed by atoms with Crippen LogP contribution in [0.25, 0.3) is 0 Å². The van der Waals surface area contributed by atoms with Gasteiger partial charge < -0.3 is 14.8 Å². The van der Waals surface area contributed by atoms with Crippen LogP contribution in [-0.2, 0) is 32.6 Å². The molecule has 9 heteroatoms. The van der Waals surface area contributed by atoms with Crippen molar-refractivity contribution in [1.82, 2.24) is 10.2 Å². The van der Waals surface area contributed by atoms with Gasteiger partial charge in [-0.1, -0.05) is 42.0 Å². The number of ether oxygens (including phenoxy) is 2. The molecule has 1 amide bonds. The lowest BCUT2D eigenvalue weighted by molar-refractivity contribution is -0.119. The Morgan fingerprint density at radius 1 is 0.947 bits per heavy atom. The number of hydrogen-bond acceptors (Lipinski definition) is 6. The van der Waals surface area contributed by atoms with Crippen LogP contribution < -0.4 is 14.4 Å². The number of anilines is 1. The highest BCUT2D eigenvalue weighted by atomic mass is 32.2. The van der Waals surface area contributed by atoms with Gasteiger partial charge in [-0.2, -0.15) is 0 Å². The van der Waals surface area contributed by atoms with Gasteiger partial charge in [-0.15, -0.1) is 0 Å². The highest BCUT2D eigenvalue weighted by molar-refractivity contribution is 7.92. The van der Waals surface area contributed by atoms with E-state index in [0.717, 1.165) is 48.3 Å². The van der Waals surface area contributed by atoms with Gasteiger partial charge in [0.15, 0.2) is 0 Å². The minimum atomic E-state index is -3.98. The molecule has 0 unspecified atom stereocenters. The first-order chi connectivity index (χ1) is 18.3. The van der Waals surface area contributed by atoms with Gasteiger partial charge in [0.1, 0.15) is 12.3 Å². The van der Waals surface area contributed by atoms with E-state index in [1.165, 1.54) is 5.56 Å². The van der Waals surface area contributed by atoms with E-state index in [9.17, 15) is 13.2 Å². The fraction of sp³-hybridized carbons (Fsp3) is 0.345. The van der Waals surface area contributed by atoms with E-state index < -0.39 is 15.9 Å². The van der Waals surface area contributed by atoms with Crippen molar-refractivity contribution in [2.75, 3.05) is 43.8 Å². The van der Waals surface area contributed by atoms with Crippen LogP contribution >= 0.6 is 0 Å². The van der Waals surface area contributed by atoms with Gasteiger partial charge in [-0.3, -0.25) is 14.0 Å². The second-order valence-electron chi connectivity index (χ2n) is 9.23. The van der Waals surface area contributed by atoms with Crippen LogP contribution in [0.3, 0.4) is 0 Å². The average Bonchev–Trinajstić information content (AvgIpc) is 2.93. The molecule has 1 fully saturated rings. The number of hydrogen-bond donors (Lipinski definition) is 1. The molecule has 0 aliphatic carbocycles. The van der Waals surface area contributed by atoms with Crippen LogP contribution in [0.2, 0.25) is 0 Å². The van der Waals surface area contributed by atoms with Crippen molar-refractivity contribution >= 4 is 21.6 Å². The molecule has 0 aromatic heterocycles. The number of nitrogens with zero attached hydrogens (tertiary/aromatic N) is 2. The number of carbonyl (C=O) groups is 1. The summed E-state index contributed by atoms with van der Waals surface area (Å²) in [5, 5.41) is 2.87. The summed E-state index contributed by atoms with van der Waals surface area (Å²) >= 11 is 0. The van der Waals surface area contributed by atoms with E-state index in [2.05, 4.69) is 22.3 Å². The van der Waals surface area contributed by atoms with Gasteiger partial charge in [0.25, 0.3) is 10.0 Å². The molecule has 1 aliphatic heterocycles. The normalized spacial score (nSPS) is 14.2. The molecule has 1 N–H and O–H groups in total. The molecule has 1 saturated heterocycles. The zero-order chi connectivity index (χ0) is 27.0. The topological polar surface area (TPSA) is 88.2 Å². The highest BCUT2D eigenvalue weighted by Crippen LogP contribution is 2.26. The van der Waals surface area contributed by atoms with Gasteiger partial charge >= 0.3 is 0 Å². The molecule has 1 aliphatic rings.